The Bertz CT molecular complexity index is 504. The molecular formula is C14H19ClN2O2. The maximum atomic E-state index is 11.9. The van der Waals surface area contributed by atoms with Gasteiger partial charge in [-0.2, -0.15) is 0 Å². The van der Waals surface area contributed by atoms with E-state index in [1.165, 1.54) is 10.6 Å². The Morgan fingerprint density at radius 3 is 2.74 bits per heavy atom. The van der Waals surface area contributed by atoms with Gasteiger partial charge in [-0.25, -0.2) is 0 Å². The molecule has 0 atom stereocenters. The minimum atomic E-state index is -0.175. The number of aryl methyl sites for hydroxylation is 1. The lowest BCUT2D eigenvalue weighted by molar-refractivity contribution is 0.0943. The van der Waals surface area contributed by atoms with Crippen LogP contribution in [0.4, 0.5) is 0 Å². The zero-order chi connectivity index (χ0) is 13.8. The summed E-state index contributed by atoms with van der Waals surface area (Å²) in [6.07, 6.45) is 5.77. The van der Waals surface area contributed by atoms with Crippen molar-refractivity contribution in [2.24, 2.45) is 13.0 Å². The molecule has 0 radical (unpaired) electrons. The molecule has 0 unspecified atom stereocenters. The number of nitrogens with one attached hydrogen (secondary N) is 1. The van der Waals surface area contributed by atoms with Gasteiger partial charge in [0.1, 0.15) is 0 Å². The molecule has 1 N–H and O–H groups in total. The van der Waals surface area contributed by atoms with E-state index in [2.05, 4.69) is 5.32 Å². The van der Waals surface area contributed by atoms with Crippen LogP contribution in [-0.4, -0.2) is 22.4 Å². The quantitative estimate of drug-likeness (QED) is 0.861. The number of hydrogen-bond donors (Lipinski definition) is 1. The summed E-state index contributed by atoms with van der Waals surface area (Å²) >= 11 is 6.05. The molecule has 0 aliphatic heterocycles. The Morgan fingerprint density at radius 2 is 2.11 bits per heavy atom. The molecule has 2 rings (SSSR count). The van der Waals surface area contributed by atoms with E-state index >= 15 is 0 Å². The van der Waals surface area contributed by atoms with Gasteiger partial charge in [0, 0.05) is 36.8 Å². The van der Waals surface area contributed by atoms with Gasteiger partial charge < -0.3 is 9.88 Å². The summed E-state index contributed by atoms with van der Waals surface area (Å²) in [7, 11) is 1.66. The number of nitrogens with zero attached hydrogens (tertiary/aromatic N) is 1. The van der Waals surface area contributed by atoms with Crippen molar-refractivity contribution in [3.63, 3.8) is 0 Å². The van der Waals surface area contributed by atoms with Gasteiger partial charge >= 0.3 is 0 Å². The average Bonchev–Trinajstić information content (AvgIpc) is 2.41. The van der Waals surface area contributed by atoms with Crippen LogP contribution in [0.5, 0.6) is 0 Å². The topological polar surface area (TPSA) is 51.1 Å². The van der Waals surface area contributed by atoms with Crippen LogP contribution in [0, 0.1) is 5.92 Å². The zero-order valence-electron chi connectivity index (χ0n) is 11.1. The van der Waals surface area contributed by atoms with E-state index in [0.29, 0.717) is 23.4 Å². The van der Waals surface area contributed by atoms with E-state index < -0.39 is 0 Å². The molecule has 1 aliphatic rings. The maximum Gasteiger partial charge on any atom is 0.251 e. The third kappa shape index (κ3) is 3.83. The highest BCUT2D eigenvalue weighted by Gasteiger charge is 2.20. The molecule has 4 nitrogen and oxygen atoms in total. The molecule has 0 aromatic carbocycles. The number of aromatic nitrogens is 1. The molecule has 0 bridgehead atoms. The smallest absolute Gasteiger partial charge is 0.251 e. The van der Waals surface area contributed by atoms with Crippen molar-refractivity contribution in [3.05, 3.63) is 34.2 Å². The number of carbonyl (C=O) groups is 1. The summed E-state index contributed by atoms with van der Waals surface area (Å²) in [5.74, 6) is 0.330. The summed E-state index contributed by atoms with van der Waals surface area (Å²) in [4.78, 5) is 23.4. The van der Waals surface area contributed by atoms with Gasteiger partial charge in [0.2, 0.25) is 0 Å². The van der Waals surface area contributed by atoms with Gasteiger partial charge in [0.15, 0.2) is 0 Å². The SMILES string of the molecule is Cn1ccc(C(=O)NCC2CCC(Cl)CC2)cc1=O. The highest BCUT2D eigenvalue weighted by Crippen LogP contribution is 2.26. The van der Waals surface area contributed by atoms with Crippen molar-refractivity contribution in [1.29, 1.82) is 0 Å². The number of carbonyl (C=O) groups excluding carboxylic acids is 1. The lowest BCUT2D eigenvalue weighted by Crippen LogP contribution is -2.32. The van der Waals surface area contributed by atoms with Crippen LogP contribution in [0.2, 0.25) is 0 Å². The first kappa shape index (κ1) is 14.1. The molecule has 1 heterocycles. The zero-order valence-corrected chi connectivity index (χ0v) is 11.8. The second-order valence-corrected chi connectivity index (χ2v) is 5.81. The summed E-state index contributed by atoms with van der Waals surface area (Å²) in [5.41, 5.74) is 0.254. The largest absolute Gasteiger partial charge is 0.352 e. The Labute approximate surface area is 117 Å². The van der Waals surface area contributed by atoms with Gasteiger partial charge in [-0.3, -0.25) is 9.59 Å². The summed E-state index contributed by atoms with van der Waals surface area (Å²) in [6.45, 7) is 0.664. The Hall–Kier alpha value is -1.29. The van der Waals surface area contributed by atoms with Crippen molar-refractivity contribution >= 4 is 17.5 Å². The predicted molar refractivity (Wildman–Crippen MR) is 75.6 cm³/mol. The monoisotopic (exact) mass is 282 g/mol. The molecule has 1 fully saturated rings. The number of pyridine rings is 1. The van der Waals surface area contributed by atoms with Crippen molar-refractivity contribution < 1.29 is 4.79 Å². The molecule has 0 saturated heterocycles. The van der Waals surface area contributed by atoms with E-state index in [1.54, 1.807) is 19.3 Å². The molecule has 1 saturated carbocycles. The predicted octanol–water partition coefficient (Wildman–Crippen LogP) is 1.91. The molecule has 1 aromatic rings. The van der Waals surface area contributed by atoms with E-state index in [-0.39, 0.29) is 11.5 Å². The standard InChI is InChI=1S/C14H19ClN2O2/c1-17-7-6-11(8-13(17)18)14(19)16-9-10-2-4-12(15)5-3-10/h6-8,10,12H,2-5,9H2,1H3,(H,16,19). The second-order valence-electron chi connectivity index (χ2n) is 5.19. The summed E-state index contributed by atoms with van der Waals surface area (Å²) in [5, 5.41) is 3.20. The van der Waals surface area contributed by atoms with Crippen LogP contribution < -0.4 is 10.9 Å². The number of halogens is 1. The molecule has 19 heavy (non-hydrogen) atoms. The first-order valence-electron chi connectivity index (χ1n) is 6.65. The summed E-state index contributed by atoms with van der Waals surface area (Å²) in [6, 6.07) is 3.03. The molecule has 1 aromatic heterocycles. The fourth-order valence-electron chi connectivity index (χ4n) is 2.35. The van der Waals surface area contributed by atoms with Gasteiger partial charge in [0.25, 0.3) is 11.5 Å². The molecule has 5 heteroatoms. The molecular weight excluding hydrogens is 264 g/mol. The van der Waals surface area contributed by atoms with Gasteiger partial charge in [-0.15, -0.1) is 11.6 Å². The third-order valence-electron chi connectivity index (χ3n) is 3.69. The highest BCUT2D eigenvalue weighted by molar-refractivity contribution is 6.20. The number of rotatable bonds is 3. The van der Waals surface area contributed by atoms with Crippen LogP contribution in [0.15, 0.2) is 23.1 Å². The molecule has 1 amide bonds. The van der Waals surface area contributed by atoms with Crippen molar-refractivity contribution in [2.75, 3.05) is 6.54 Å². The van der Waals surface area contributed by atoms with Crippen LogP contribution in [0.3, 0.4) is 0 Å². The molecule has 1 aliphatic carbocycles. The lowest BCUT2D eigenvalue weighted by Gasteiger charge is -2.25. The van der Waals surface area contributed by atoms with Crippen molar-refractivity contribution in [3.8, 4) is 0 Å². The fraction of sp³-hybridized carbons (Fsp3) is 0.571. The Morgan fingerprint density at radius 1 is 1.42 bits per heavy atom. The van der Waals surface area contributed by atoms with E-state index in [0.717, 1.165) is 25.7 Å². The van der Waals surface area contributed by atoms with E-state index in [4.69, 9.17) is 11.6 Å². The second kappa shape index (κ2) is 6.24. The normalized spacial score (nSPS) is 23.1. The minimum Gasteiger partial charge on any atom is -0.352 e. The van der Waals surface area contributed by atoms with E-state index in [1.807, 2.05) is 0 Å². The van der Waals surface area contributed by atoms with Crippen molar-refractivity contribution in [1.82, 2.24) is 9.88 Å². The lowest BCUT2D eigenvalue weighted by atomic mass is 9.89. The third-order valence-corrected chi connectivity index (χ3v) is 4.13. The maximum absolute atomic E-state index is 11.9. The van der Waals surface area contributed by atoms with Crippen LogP contribution in [0.25, 0.3) is 0 Å². The van der Waals surface area contributed by atoms with Crippen LogP contribution >= 0.6 is 11.6 Å². The van der Waals surface area contributed by atoms with Gasteiger partial charge in [-0.05, 0) is 37.7 Å². The van der Waals surface area contributed by atoms with Gasteiger partial charge in [0.05, 0.1) is 0 Å². The average molecular weight is 283 g/mol. The van der Waals surface area contributed by atoms with Crippen LogP contribution in [-0.2, 0) is 7.05 Å². The van der Waals surface area contributed by atoms with Gasteiger partial charge in [-0.1, -0.05) is 0 Å². The first-order valence-corrected chi connectivity index (χ1v) is 7.09. The van der Waals surface area contributed by atoms with E-state index in [9.17, 15) is 9.59 Å². The fourth-order valence-corrected chi connectivity index (χ4v) is 2.61. The van der Waals surface area contributed by atoms with Crippen molar-refractivity contribution in [2.45, 2.75) is 31.1 Å². The highest BCUT2D eigenvalue weighted by atomic mass is 35.5. The number of alkyl halides is 1. The number of amides is 1. The van der Waals surface area contributed by atoms with Crippen LogP contribution in [0.1, 0.15) is 36.0 Å². The Balaban J connectivity index is 1.87. The summed E-state index contributed by atoms with van der Waals surface area (Å²) < 4.78 is 1.44. The molecule has 104 valence electrons. The number of hydrogen-bond acceptors (Lipinski definition) is 2. The Kier molecular flexibility index (Phi) is 4.64. The minimum absolute atomic E-state index is 0.171. The molecule has 0 spiro atoms. The first-order chi connectivity index (χ1) is 9.06.